The number of nitrogens with one attached hydrogen (secondary N) is 1. The van der Waals surface area contributed by atoms with E-state index in [1.54, 1.807) is 0 Å². The Kier molecular flexibility index (Phi) is 8.59. The number of pyridine rings is 1. The summed E-state index contributed by atoms with van der Waals surface area (Å²) >= 11 is 5.87. The third-order valence-electron chi connectivity index (χ3n) is 7.46. The number of alkyl halides is 2. The minimum absolute atomic E-state index is 0.00422. The summed E-state index contributed by atoms with van der Waals surface area (Å²) in [5.74, 6) is -4.15. The Morgan fingerprint density at radius 2 is 1.95 bits per heavy atom. The van der Waals surface area contributed by atoms with E-state index in [4.69, 9.17) is 26.8 Å². The largest absolute Gasteiger partial charge is 0.495 e. The molecule has 1 saturated heterocycles. The van der Waals surface area contributed by atoms with Crippen LogP contribution in [0, 0.1) is 23.4 Å². The summed E-state index contributed by atoms with van der Waals surface area (Å²) in [5.41, 5.74) is 3.56. The van der Waals surface area contributed by atoms with Crippen LogP contribution in [0.15, 0.2) is 35.3 Å². The molecule has 2 fully saturated rings. The fourth-order valence-corrected chi connectivity index (χ4v) is 5.08. The van der Waals surface area contributed by atoms with Crippen molar-refractivity contribution in [2.45, 2.75) is 30.9 Å². The molecular formula is C29H26ClF5N4O4. The quantitative estimate of drug-likeness (QED) is 0.0939. The number of amides is 1. The first-order valence-electron chi connectivity index (χ1n) is 13.1. The average molecular weight is 625 g/mol. The lowest BCUT2D eigenvalue weighted by Gasteiger charge is -2.37. The highest BCUT2D eigenvalue weighted by atomic mass is 35.5. The summed E-state index contributed by atoms with van der Waals surface area (Å²) in [4.78, 5) is 20.6. The lowest BCUT2D eigenvalue weighted by atomic mass is 9.87. The Hall–Kier alpha value is -3.81. The predicted molar refractivity (Wildman–Crippen MR) is 148 cm³/mol. The molecule has 0 bridgehead atoms. The van der Waals surface area contributed by atoms with E-state index < -0.39 is 57.7 Å². The molecule has 0 radical (unpaired) electrons. The second-order valence-electron chi connectivity index (χ2n) is 10.4. The van der Waals surface area contributed by atoms with Crippen molar-refractivity contribution in [3.63, 3.8) is 0 Å². The third kappa shape index (κ3) is 6.29. The van der Waals surface area contributed by atoms with Gasteiger partial charge in [-0.3, -0.25) is 4.79 Å². The Bertz CT molecular complexity index is 1600. The number of nitrogen functional groups attached to an aromatic ring is 1. The summed E-state index contributed by atoms with van der Waals surface area (Å²) in [5, 5.41) is 13.3. The van der Waals surface area contributed by atoms with Gasteiger partial charge in [0.15, 0.2) is 5.82 Å². The van der Waals surface area contributed by atoms with Crippen molar-refractivity contribution >= 4 is 29.4 Å². The molecule has 4 N–H and O–H groups in total. The molecule has 2 aromatic carbocycles. The number of nitrogens with two attached hydrogens (primary N) is 1. The van der Waals surface area contributed by atoms with Crippen LogP contribution < -0.4 is 15.8 Å². The Morgan fingerprint density at radius 3 is 2.56 bits per heavy atom. The van der Waals surface area contributed by atoms with Crippen molar-refractivity contribution in [3.8, 4) is 17.0 Å². The molecule has 3 aromatic rings. The highest BCUT2D eigenvalue weighted by Crippen LogP contribution is 2.44. The zero-order valence-corrected chi connectivity index (χ0v) is 23.4. The molecule has 0 unspecified atom stereocenters. The van der Waals surface area contributed by atoms with Crippen LogP contribution in [0.1, 0.15) is 45.9 Å². The first kappa shape index (κ1) is 30.6. The molecule has 228 valence electrons. The van der Waals surface area contributed by atoms with Crippen LogP contribution in [-0.4, -0.2) is 55.6 Å². The van der Waals surface area contributed by atoms with E-state index in [0.29, 0.717) is 6.07 Å². The molecule has 1 aliphatic carbocycles. The van der Waals surface area contributed by atoms with Gasteiger partial charge in [0.25, 0.3) is 5.91 Å². The second kappa shape index (κ2) is 12.1. The zero-order chi connectivity index (χ0) is 31.1. The number of carbonyl (C=O) groups is 1. The maximum atomic E-state index is 15.8. The van der Waals surface area contributed by atoms with Crippen molar-refractivity contribution in [2.24, 2.45) is 10.9 Å². The summed E-state index contributed by atoms with van der Waals surface area (Å²) in [6, 6.07) is 5.43. The van der Waals surface area contributed by atoms with Crippen LogP contribution in [0.5, 0.6) is 5.75 Å². The van der Waals surface area contributed by atoms with E-state index >= 15 is 4.39 Å². The molecular weight excluding hydrogens is 599 g/mol. The molecule has 1 aliphatic heterocycles. The van der Waals surface area contributed by atoms with Gasteiger partial charge >= 0.3 is 6.55 Å². The number of rotatable bonds is 10. The number of benzene rings is 2. The maximum absolute atomic E-state index is 15.8. The molecule has 5 rings (SSSR count). The highest BCUT2D eigenvalue weighted by molar-refractivity contribution is 6.31. The Morgan fingerprint density at radius 1 is 1.23 bits per heavy atom. The van der Waals surface area contributed by atoms with Gasteiger partial charge in [0.1, 0.15) is 28.7 Å². The molecule has 1 amide bonds. The molecule has 43 heavy (non-hydrogen) atoms. The number of aliphatic imine (C=N–C) groups is 1. The minimum atomic E-state index is -2.98. The first-order valence-corrected chi connectivity index (χ1v) is 13.5. The smallest absolute Gasteiger partial charge is 0.331 e. The van der Waals surface area contributed by atoms with Crippen molar-refractivity contribution < 1.29 is 41.3 Å². The number of aromatic nitrogens is 1. The average Bonchev–Trinajstić information content (AvgIpc) is 3.79. The number of halogens is 6. The SMILES string of the molecule is COc1cc(C(=O)NC[C@H](c2cc(C3(O)COC3)c(F)c(-c3cc(Cl)c(F)cc3F)n2)C2CC2)cc(/C=N/C(F)F)c1N. The number of anilines is 1. The van der Waals surface area contributed by atoms with Gasteiger partial charge in [0.05, 0.1) is 31.0 Å². The van der Waals surface area contributed by atoms with Crippen molar-refractivity contribution in [1.82, 2.24) is 10.3 Å². The number of carbonyl (C=O) groups excluding carboxylic acids is 1. The lowest BCUT2D eigenvalue weighted by Crippen LogP contribution is -2.47. The van der Waals surface area contributed by atoms with Gasteiger partial charge in [-0.2, -0.15) is 8.78 Å². The topological polar surface area (TPSA) is 119 Å². The van der Waals surface area contributed by atoms with Crippen LogP contribution in [-0.2, 0) is 10.3 Å². The van der Waals surface area contributed by atoms with E-state index in [9.17, 15) is 27.5 Å². The number of hydrogen-bond acceptors (Lipinski definition) is 7. The molecule has 0 spiro atoms. The number of hydrogen-bond donors (Lipinski definition) is 3. The van der Waals surface area contributed by atoms with Gasteiger partial charge in [0.2, 0.25) is 0 Å². The first-order chi connectivity index (χ1) is 20.4. The van der Waals surface area contributed by atoms with Gasteiger partial charge in [-0.25, -0.2) is 23.1 Å². The van der Waals surface area contributed by atoms with E-state index in [1.807, 2.05) is 0 Å². The standard InChI is InChI=1S/C29H26ClF5N4O4/c1-42-23-5-14(4-15(25(23)36)9-38-28(34)35)27(40)37-10-17(13-2-3-13)22-7-18(29(41)11-43-12-29)24(33)26(39-22)16-6-19(30)21(32)8-20(16)31/h4-9,13,17,28,41H,2-3,10-12,36H2,1H3,(H,37,40)/b38-9+/t17-/m0/s1. The van der Waals surface area contributed by atoms with Gasteiger partial charge in [0, 0.05) is 52.7 Å². The van der Waals surface area contributed by atoms with Crippen LogP contribution in [0.25, 0.3) is 11.3 Å². The summed E-state index contributed by atoms with van der Waals surface area (Å²) in [6.45, 7) is -3.40. The van der Waals surface area contributed by atoms with Gasteiger partial charge in [-0.15, -0.1) is 0 Å². The summed E-state index contributed by atoms with van der Waals surface area (Å²) < 4.78 is 80.1. The van der Waals surface area contributed by atoms with Crippen molar-refractivity contribution in [2.75, 3.05) is 32.6 Å². The fourth-order valence-electron chi connectivity index (χ4n) is 4.92. The number of nitrogens with zero attached hydrogens (tertiary/aromatic N) is 2. The van der Waals surface area contributed by atoms with Gasteiger partial charge in [-0.05, 0) is 43.0 Å². The minimum Gasteiger partial charge on any atom is -0.495 e. The van der Waals surface area contributed by atoms with Crippen LogP contribution >= 0.6 is 11.6 Å². The zero-order valence-electron chi connectivity index (χ0n) is 22.6. The summed E-state index contributed by atoms with van der Waals surface area (Å²) in [7, 11) is 1.30. The number of aliphatic hydroxyl groups is 1. The molecule has 2 aliphatic rings. The molecule has 14 heteroatoms. The molecule has 1 aromatic heterocycles. The third-order valence-corrected chi connectivity index (χ3v) is 7.75. The van der Waals surface area contributed by atoms with Crippen molar-refractivity contribution in [1.29, 1.82) is 0 Å². The van der Waals surface area contributed by atoms with E-state index in [1.165, 1.54) is 25.3 Å². The summed E-state index contributed by atoms with van der Waals surface area (Å²) in [6.07, 6.45) is 2.37. The number of ether oxygens (including phenoxy) is 2. The normalized spacial score (nSPS) is 16.8. The fraction of sp³-hybridized carbons (Fsp3) is 0.345. The van der Waals surface area contributed by atoms with Crippen LogP contribution in [0.3, 0.4) is 0 Å². The molecule has 1 atom stereocenters. The molecule has 1 saturated carbocycles. The number of methoxy groups -OCH3 is 1. The highest BCUT2D eigenvalue weighted by Gasteiger charge is 2.43. The van der Waals surface area contributed by atoms with Gasteiger partial charge < -0.3 is 25.6 Å². The Balaban J connectivity index is 1.50. The molecule has 8 nitrogen and oxygen atoms in total. The van der Waals surface area contributed by atoms with E-state index in [0.717, 1.165) is 25.1 Å². The van der Waals surface area contributed by atoms with Crippen LogP contribution in [0.4, 0.5) is 27.6 Å². The molecule has 2 heterocycles. The second-order valence-corrected chi connectivity index (χ2v) is 10.8. The maximum Gasteiger partial charge on any atom is 0.331 e. The predicted octanol–water partition coefficient (Wildman–Crippen LogP) is 5.19. The van der Waals surface area contributed by atoms with Crippen LogP contribution in [0.2, 0.25) is 5.02 Å². The monoisotopic (exact) mass is 624 g/mol. The Labute approximate surface area is 247 Å². The van der Waals surface area contributed by atoms with Crippen molar-refractivity contribution in [3.05, 3.63) is 75.2 Å². The van der Waals surface area contributed by atoms with Gasteiger partial charge in [-0.1, -0.05) is 11.6 Å². The lowest BCUT2D eigenvalue weighted by molar-refractivity contribution is -0.186. The van der Waals surface area contributed by atoms with E-state index in [-0.39, 0.29) is 59.5 Å². The van der Waals surface area contributed by atoms with E-state index in [2.05, 4.69) is 15.3 Å².